The predicted octanol–water partition coefficient (Wildman–Crippen LogP) is 2.96. The lowest BCUT2D eigenvalue weighted by molar-refractivity contribution is 0.0698. The molecule has 1 saturated heterocycles. The van der Waals surface area contributed by atoms with E-state index in [0.29, 0.717) is 17.5 Å². The van der Waals surface area contributed by atoms with Crippen LogP contribution in [0.3, 0.4) is 0 Å². The summed E-state index contributed by atoms with van der Waals surface area (Å²) in [4.78, 5) is 14.4. The number of rotatable bonds is 2. The van der Waals surface area contributed by atoms with Crippen LogP contribution in [0.5, 0.6) is 5.75 Å². The number of phenols is 1. The van der Waals surface area contributed by atoms with Crippen molar-refractivity contribution in [1.29, 1.82) is 0 Å². The van der Waals surface area contributed by atoms with Crippen molar-refractivity contribution in [2.24, 2.45) is 5.92 Å². The molecular formula is C15H21NO2. The highest BCUT2D eigenvalue weighted by Crippen LogP contribution is 2.28. The average Bonchev–Trinajstić information content (AvgIpc) is 2.80. The summed E-state index contributed by atoms with van der Waals surface area (Å²) in [5.41, 5.74) is 1.43. The van der Waals surface area contributed by atoms with Crippen molar-refractivity contribution in [3.05, 3.63) is 29.3 Å². The topological polar surface area (TPSA) is 40.5 Å². The van der Waals surface area contributed by atoms with Crippen LogP contribution in [0.1, 0.15) is 42.6 Å². The Morgan fingerprint density at radius 1 is 1.44 bits per heavy atom. The van der Waals surface area contributed by atoms with Gasteiger partial charge in [0.2, 0.25) is 0 Å². The number of hydrogen-bond donors (Lipinski definition) is 1. The lowest BCUT2D eigenvalue weighted by Crippen LogP contribution is -2.38. The van der Waals surface area contributed by atoms with E-state index in [0.717, 1.165) is 24.9 Å². The molecule has 0 saturated carbocycles. The highest BCUT2D eigenvalue weighted by atomic mass is 16.3. The Morgan fingerprint density at radius 3 is 2.83 bits per heavy atom. The molecule has 18 heavy (non-hydrogen) atoms. The van der Waals surface area contributed by atoms with Gasteiger partial charge in [-0.05, 0) is 37.8 Å². The van der Waals surface area contributed by atoms with Crippen LogP contribution in [0.25, 0.3) is 0 Å². The lowest BCUT2D eigenvalue weighted by Gasteiger charge is -2.28. The van der Waals surface area contributed by atoms with Crippen molar-refractivity contribution in [3.8, 4) is 5.75 Å². The summed E-state index contributed by atoms with van der Waals surface area (Å²) in [6, 6.07) is 5.49. The average molecular weight is 247 g/mol. The molecule has 0 aliphatic carbocycles. The number of aromatic hydroxyl groups is 1. The Bertz CT molecular complexity index is 454. The molecule has 0 spiro atoms. The number of carbonyl (C=O) groups excluding carboxylic acids is 1. The Hall–Kier alpha value is -1.51. The maximum Gasteiger partial charge on any atom is 0.257 e. The van der Waals surface area contributed by atoms with Gasteiger partial charge in [-0.1, -0.05) is 25.5 Å². The number of benzene rings is 1. The minimum Gasteiger partial charge on any atom is -0.507 e. The molecule has 0 bridgehead atoms. The van der Waals surface area contributed by atoms with E-state index in [2.05, 4.69) is 13.8 Å². The van der Waals surface area contributed by atoms with Crippen molar-refractivity contribution in [2.75, 3.05) is 6.54 Å². The third-order valence-electron chi connectivity index (χ3n) is 3.71. The van der Waals surface area contributed by atoms with Gasteiger partial charge in [-0.2, -0.15) is 0 Å². The highest BCUT2D eigenvalue weighted by molar-refractivity contribution is 5.97. The van der Waals surface area contributed by atoms with Crippen LogP contribution in [-0.4, -0.2) is 28.5 Å². The lowest BCUT2D eigenvalue weighted by atomic mass is 10.0. The predicted molar refractivity (Wildman–Crippen MR) is 71.7 cm³/mol. The number of phenolic OH excluding ortho intramolecular Hbond substituents is 1. The first-order valence-electron chi connectivity index (χ1n) is 6.61. The van der Waals surface area contributed by atoms with Gasteiger partial charge in [-0.3, -0.25) is 4.79 Å². The Labute approximate surface area is 108 Å². The molecule has 1 aromatic rings. The number of aryl methyl sites for hydroxylation is 1. The summed E-state index contributed by atoms with van der Waals surface area (Å²) in [7, 11) is 0. The van der Waals surface area contributed by atoms with Crippen molar-refractivity contribution in [2.45, 2.75) is 39.7 Å². The van der Waals surface area contributed by atoms with E-state index in [4.69, 9.17) is 0 Å². The number of amides is 1. The third-order valence-corrected chi connectivity index (χ3v) is 3.71. The molecule has 1 amide bonds. The number of likely N-dealkylation sites (tertiary alicyclic amines) is 1. The summed E-state index contributed by atoms with van der Waals surface area (Å²) >= 11 is 0. The maximum absolute atomic E-state index is 12.5. The summed E-state index contributed by atoms with van der Waals surface area (Å²) < 4.78 is 0. The van der Waals surface area contributed by atoms with Gasteiger partial charge in [0.05, 0.1) is 5.56 Å². The Morgan fingerprint density at radius 2 is 2.17 bits per heavy atom. The first-order chi connectivity index (χ1) is 8.50. The van der Waals surface area contributed by atoms with Crippen molar-refractivity contribution in [3.63, 3.8) is 0 Å². The molecule has 1 fully saturated rings. The molecule has 3 nitrogen and oxygen atoms in total. The molecule has 1 aliphatic heterocycles. The molecule has 1 unspecified atom stereocenters. The second-order valence-corrected chi connectivity index (χ2v) is 5.47. The molecule has 3 heteroatoms. The standard InChI is InChI=1S/C15H21NO2/c1-10(2)13-5-4-8-16(13)15(18)12-9-11(3)6-7-14(12)17/h6-7,9-10,13,17H,4-5,8H2,1-3H3. The van der Waals surface area contributed by atoms with Crippen LogP contribution in [0.15, 0.2) is 18.2 Å². The first-order valence-corrected chi connectivity index (χ1v) is 6.61. The molecule has 0 aromatic heterocycles. The van der Waals surface area contributed by atoms with E-state index in [-0.39, 0.29) is 11.7 Å². The maximum atomic E-state index is 12.5. The van der Waals surface area contributed by atoms with Gasteiger partial charge in [0, 0.05) is 12.6 Å². The number of carbonyl (C=O) groups is 1. The van der Waals surface area contributed by atoms with Gasteiger partial charge in [0.25, 0.3) is 5.91 Å². The largest absolute Gasteiger partial charge is 0.507 e. The highest BCUT2D eigenvalue weighted by Gasteiger charge is 2.32. The SMILES string of the molecule is Cc1ccc(O)c(C(=O)N2CCCC2C(C)C)c1. The van der Waals surface area contributed by atoms with E-state index < -0.39 is 0 Å². The molecule has 1 heterocycles. The fraction of sp³-hybridized carbons (Fsp3) is 0.533. The molecule has 1 aliphatic rings. The fourth-order valence-electron chi connectivity index (χ4n) is 2.71. The van der Waals surface area contributed by atoms with Gasteiger partial charge < -0.3 is 10.0 Å². The summed E-state index contributed by atoms with van der Waals surface area (Å²) in [5, 5.41) is 9.84. The summed E-state index contributed by atoms with van der Waals surface area (Å²) in [5.74, 6) is 0.510. The van der Waals surface area contributed by atoms with Crippen molar-refractivity contribution >= 4 is 5.91 Å². The van der Waals surface area contributed by atoms with Crippen LogP contribution in [0, 0.1) is 12.8 Å². The Balaban J connectivity index is 2.28. The van der Waals surface area contributed by atoms with Gasteiger partial charge >= 0.3 is 0 Å². The zero-order chi connectivity index (χ0) is 13.3. The van der Waals surface area contributed by atoms with Gasteiger partial charge in [0.1, 0.15) is 5.75 Å². The molecule has 1 atom stereocenters. The third kappa shape index (κ3) is 2.35. The molecular weight excluding hydrogens is 226 g/mol. The zero-order valence-corrected chi connectivity index (χ0v) is 11.3. The van der Waals surface area contributed by atoms with E-state index in [1.807, 2.05) is 17.9 Å². The molecule has 0 radical (unpaired) electrons. The molecule has 1 N–H and O–H groups in total. The number of nitrogens with zero attached hydrogens (tertiary/aromatic N) is 1. The second-order valence-electron chi connectivity index (χ2n) is 5.47. The van der Waals surface area contributed by atoms with E-state index >= 15 is 0 Å². The molecule has 1 aromatic carbocycles. The smallest absolute Gasteiger partial charge is 0.257 e. The molecule has 2 rings (SSSR count). The van der Waals surface area contributed by atoms with E-state index in [1.165, 1.54) is 0 Å². The van der Waals surface area contributed by atoms with Crippen LogP contribution in [0.4, 0.5) is 0 Å². The van der Waals surface area contributed by atoms with E-state index in [9.17, 15) is 9.90 Å². The normalized spacial score (nSPS) is 19.6. The monoisotopic (exact) mass is 247 g/mol. The van der Waals surface area contributed by atoms with E-state index in [1.54, 1.807) is 12.1 Å². The van der Waals surface area contributed by atoms with Crippen LogP contribution >= 0.6 is 0 Å². The summed E-state index contributed by atoms with van der Waals surface area (Å²) in [6.45, 7) is 7.02. The number of hydrogen-bond acceptors (Lipinski definition) is 2. The fourth-order valence-corrected chi connectivity index (χ4v) is 2.71. The van der Waals surface area contributed by atoms with Crippen LogP contribution in [-0.2, 0) is 0 Å². The van der Waals surface area contributed by atoms with Crippen molar-refractivity contribution < 1.29 is 9.90 Å². The van der Waals surface area contributed by atoms with Gasteiger partial charge in [0.15, 0.2) is 0 Å². The van der Waals surface area contributed by atoms with Gasteiger partial charge in [-0.15, -0.1) is 0 Å². The van der Waals surface area contributed by atoms with Gasteiger partial charge in [-0.25, -0.2) is 0 Å². The van der Waals surface area contributed by atoms with Crippen LogP contribution < -0.4 is 0 Å². The summed E-state index contributed by atoms with van der Waals surface area (Å²) in [6.07, 6.45) is 2.12. The second kappa shape index (κ2) is 5.01. The molecule has 98 valence electrons. The minimum atomic E-state index is -0.0348. The minimum absolute atomic E-state index is 0.0348. The quantitative estimate of drug-likeness (QED) is 0.872. The zero-order valence-electron chi connectivity index (χ0n) is 11.3. The van der Waals surface area contributed by atoms with Crippen LogP contribution in [0.2, 0.25) is 0 Å². The first kappa shape index (κ1) is 12.9. The van der Waals surface area contributed by atoms with Crippen molar-refractivity contribution in [1.82, 2.24) is 4.90 Å². The Kier molecular flexibility index (Phi) is 3.60.